The average Bonchev–Trinajstić information content (AvgIpc) is 2.37. The van der Waals surface area contributed by atoms with Crippen LogP contribution in [0.1, 0.15) is 18.1 Å². The third-order valence-corrected chi connectivity index (χ3v) is 2.88. The molecule has 2 unspecified atom stereocenters. The van der Waals surface area contributed by atoms with Crippen LogP contribution in [0.3, 0.4) is 0 Å². The zero-order valence-corrected chi connectivity index (χ0v) is 10.8. The molecule has 0 amide bonds. The van der Waals surface area contributed by atoms with Crippen molar-refractivity contribution in [1.29, 1.82) is 0 Å². The van der Waals surface area contributed by atoms with Crippen molar-refractivity contribution < 1.29 is 15.1 Å². The van der Waals surface area contributed by atoms with Crippen molar-refractivity contribution in [2.45, 2.75) is 18.6 Å². The zero-order valence-electron chi connectivity index (χ0n) is 9.91. The third-order valence-electron chi connectivity index (χ3n) is 2.62. The predicted octanol–water partition coefficient (Wildman–Crippen LogP) is 1.35. The molecule has 7 heteroatoms. The van der Waals surface area contributed by atoms with Gasteiger partial charge in [0.2, 0.25) is 0 Å². The SMILES string of the molecule is CNc1ccc(C(O)C(O)CCS)cc1[N+](=O)[O-]. The molecule has 0 radical (unpaired) electrons. The molecular formula is C11H16N2O4S. The summed E-state index contributed by atoms with van der Waals surface area (Å²) in [4.78, 5) is 10.3. The molecular weight excluding hydrogens is 256 g/mol. The van der Waals surface area contributed by atoms with Crippen molar-refractivity contribution >= 4 is 24.0 Å². The summed E-state index contributed by atoms with van der Waals surface area (Å²) in [6.45, 7) is 0. The standard InChI is InChI=1S/C11H16N2O4S/c1-12-8-3-2-7(6-9(8)13(16)17)11(15)10(14)4-5-18/h2-3,6,10-12,14-15,18H,4-5H2,1H3. The van der Waals surface area contributed by atoms with Crippen molar-refractivity contribution in [3.8, 4) is 0 Å². The molecule has 100 valence electrons. The molecule has 0 saturated heterocycles. The fourth-order valence-corrected chi connectivity index (χ4v) is 1.87. The normalized spacial score (nSPS) is 14.0. The van der Waals surface area contributed by atoms with Crippen molar-refractivity contribution in [3.05, 3.63) is 33.9 Å². The summed E-state index contributed by atoms with van der Waals surface area (Å²) in [5, 5.41) is 33.1. The number of benzene rings is 1. The number of nitrogens with zero attached hydrogens (tertiary/aromatic N) is 1. The first kappa shape index (κ1) is 14.7. The molecule has 0 heterocycles. The van der Waals surface area contributed by atoms with Crippen LogP contribution in [0.4, 0.5) is 11.4 Å². The van der Waals surface area contributed by atoms with E-state index < -0.39 is 17.1 Å². The number of rotatable bonds is 6. The molecule has 0 aliphatic heterocycles. The first-order valence-corrected chi connectivity index (χ1v) is 6.07. The summed E-state index contributed by atoms with van der Waals surface area (Å²) in [5.74, 6) is 0.426. The molecule has 0 spiro atoms. The van der Waals surface area contributed by atoms with Gasteiger partial charge in [-0.1, -0.05) is 6.07 Å². The lowest BCUT2D eigenvalue weighted by molar-refractivity contribution is -0.384. The average molecular weight is 272 g/mol. The van der Waals surface area contributed by atoms with Crippen molar-refractivity contribution in [2.24, 2.45) is 0 Å². The molecule has 3 N–H and O–H groups in total. The highest BCUT2D eigenvalue weighted by molar-refractivity contribution is 7.80. The molecule has 2 atom stereocenters. The van der Waals surface area contributed by atoms with E-state index in [4.69, 9.17) is 0 Å². The minimum atomic E-state index is -1.15. The zero-order chi connectivity index (χ0) is 13.7. The van der Waals surface area contributed by atoms with Gasteiger partial charge >= 0.3 is 0 Å². The molecule has 0 bridgehead atoms. The number of hydrogen-bond donors (Lipinski definition) is 4. The number of nitro groups is 1. The molecule has 0 aliphatic carbocycles. The second-order valence-electron chi connectivity index (χ2n) is 3.81. The van der Waals surface area contributed by atoms with Crippen molar-refractivity contribution in [2.75, 3.05) is 18.1 Å². The molecule has 0 aliphatic rings. The summed E-state index contributed by atoms with van der Waals surface area (Å²) >= 11 is 3.96. The van der Waals surface area contributed by atoms with E-state index >= 15 is 0 Å². The van der Waals surface area contributed by atoms with Crippen LogP contribution in [0.5, 0.6) is 0 Å². The van der Waals surface area contributed by atoms with Crippen LogP contribution < -0.4 is 5.32 Å². The van der Waals surface area contributed by atoms with Gasteiger partial charge in [0.25, 0.3) is 5.69 Å². The number of hydrogen-bond acceptors (Lipinski definition) is 6. The van der Waals surface area contributed by atoms with E-state index in [-0.39, 0.29) is 5.69 Å². The molecule has 18 heavy (non-hydrogen) atoms. The van der Waals surface area contributed by atoms with Crippen LogP contribution in [0.2, 0.25) is 0 Å². The predicted molar refractivity (Wildman–Crippen MR) is 72.1 cm³/mol. The van der Waals surface area contributed by atoms with E-state index in [0.29, 0.717) is 23.4 Å². The molecule has 0 fully saturated rings. The van der Waals surface area contributed by atoms with Gasteiger partial charge in [-0.05, 0) is 23.8 Å². The largest absolute Gasteiger partial charge is 0.390 e. The maximum Gasteiger partial charge on any atom is 0.292 e. The van der Waals surface area contributed by atoms with E-state index in [2.05, 4.69) is 17.9 Å². The van der Waals surface area contributed by atoms with Gasteiger partial charge in [0, 0.05) is 13.1 Å². The fraction of sp³-hybridized carbons (Fsp3) is 0.455. The van der Waals surface area contributed by atoms with E-state index in [0.717, 1.165) is 0 Å². The number of aliphatic hydroxyl groups excluding tert-OH is 2. The van der Waals surface area contributed by atoms with Gasteiger partial charge < -0.3 is 15.5 Å². The molecule has 0 aromatic heterocycles. The summed E-state index contributed by atoms with van der Waals surface area (Å²) < 4.78 is 0. The van der Waals surface area contributed by atoms with Crippen molar-refractivity contribution in [3.63, 3.8) is 0 Å². The second-order valence-corrected chi connectivity index (χ2v) is 4.26. The Hall–Kier alpha value is -1.31. The Morgan fingerprint density at radius 3 is 2.67 bits per heavy atom. The monoisotopic (exact) mass is 272 g/mol. The number of anilines is 1. The van der Waals surface area contributed by atoms with Crippen LogP contribution in [0.15, 0.2) is 18.2 Å². The molecule has 1 aromatic carbocycles. The Labute approximate surface area is 110 Å². The first-order valence-electron chi connectivity index (χ1n) is 5.44. The Morgan fingerprint density at radius 1 is 1.50 bits per heavy atom. The van der Waals surface area contributed by atoms with Crippen LogP contribution >= 0.6 is 12.6 Å². The van der Waals surface area contributed by atoms with Crippen LogP contribution in [0.25, 0.3) is 0 Å². The molecule has 6 nitrogen and oxygen atoms in total. The molecule has 0 saturated carbocycles. The lowest BCUT2D eigenvalue weighted by Crippen LogP contribution is -2.18. The fourth-order valence-electron chi connectivity index (χ4n) is 1.61. The maximum atomic E-state index is 10.9. The number of nitrogens with one attached hydrogen (secondary N) is 1. The molecule has 1 aromatic rings. The van der Waals surface area contributed by atoms with Crippen molar-refractivity contribution in [1.82, 2.24) is 0 Å². The van der Waals surface area contributed by atoms with Gasteiger partial charge in [-0.15, -0.1) is 0 Å². The second kappa shape index (κ2) is 6.58. The van der Waals surface area contributed by atoms with E-state index in [1.54, 1.807) is 13.1 Å². The summed E-state index contributed by atoms with van der Waals surface area (Å²) in [6.07, 6.45) is -1.82. The highest BCUT2D eigenvalue weighted by Crippen LogP contribution is 2.29. The van der Waals surface area contributed by atoms with Gasteiger partial charge in [0.05, 0.1) is 11.0 Å². The highest BCUT2D eigenvalue weighted by Gasteiger charge is 2.21. The van der Waals surface area contributed by atoms with Gasteiger partial charge in [0.1, 0.15) is 11.8 Å². The molecule has 1 rings (SSSR count). The van der Waals surface area contributed by atoms with Crippen LogP contribution in [-0.2, 0) is 0 Å². The van der Waals surface area contributed by atoms with E-state index in [1.807, 2.05) is 0 Å². The lowest BCUT2D eigenvalue weighted by atomic mass is 10.0. The van der Waals surface area contributed by atoms with E-state index in [1.165, 1.54) is 12.1 Å². The lowest BCUT2D eigenvalue weighted by Gasteiger charge is -2.17. The van der Waals surface area contributed by atoms with Crippen LogP contribution in [-0.4, -0.2) is 34.0 Å². The van der Waals surface area contributed by atoms with Gasteiger partial charge in [-0.3, -0.25) is 10.1 Å². The summed E-state index contributed by atoms with van der Waals surface area (Å²) in [7, 11) is 1.58. The van der Waals surface area contributed by atoms with Crippen LogP contribution in [0, 0.1) is 10.1 Å². The highest BCUT2D eigenvalue weighted by atomic mass is 32.1. The van der Waals surface area contributed by atoms with Gasteiger partial charge in [0.15, 0.2) is 0 Å². The topological polar surface area (TPSA) is 95.6 Å². The Bertz CT molecular complexity index is 428. The minimum absolute atomic E-state index is 0.132. The number of thiol groups is 1. The van der Waals surface area contributed by atoms with Gasteiger partial charge in [-0.2, -0.15) is 12.6 Å². The Morgan fingerprint density at radius 2 is 2.17 bits per heavy atom. The van der Waals surface area contributed by atoms with E-state index in [9.17, 15) is 20.3 Å². The summed E-state index contributed by atoms with van der Waals surface area (Å²) in [6, 6.07) is 4.31. The third kappa shape index (κ3) is 3.34. The minimum Gasteiger partial charge on any atom is -0.390 e. The number of nitro benzene ring substituents is 1. The quantitative estimate of drug-likeness (QED) is 0.356. The number of aliphatic hydroxyl groups is 2. The Kier molecular flexibility index (Phi) is 5.39. The van der Waals surface area contributed by atoms with Gasteiger partial charge in [-0.25, -0.2) is 0 Å². The summed E-state index contributed by atoms with van der Waals surface area (Å²) in [5.41, 5.74) is 0.543. The maximum absolute atomic E-state index is 10.9. The first-order chi connectivity index (χ1) is 8.51. The smallest absolute Gasteiger partial charge is 0.292 e. The Balaban J connectivity index is 3.04.